The van der Waals surface area contributed by atoms with E-state index in [2.05, 4.69) is 5.10 Å². The van der Waals surface area contributed by atoms with Crippen LogP contribution >= 0.6 is 0 Å². The van der Waals surface area contributed by atoms with Crippen molar-refractivity contribution < 1.29 is 23.0 Å². The van der Waals surface area contributed by atoms with Crippen molar-refractivity contribution >= 4 is 0 Å². The summed E-state index contributed by atoms with van der Waals surface area (Å²) in [4.78, 5) is 0. The molecule has 2 aromatic rings. The molecule has 2 rings (SSSR count). The predicted octanol–water partition coefficient (Wildman–Crippen LogP) is 2.21. The van der Waals surface area contributed by atoms with E-state index in [0.29, 0.717) is 11.3 Å². The monoisotopic (exact) mass is 311 g/mol. The predicted molar refractivity (Wildman–Crippen MR) is 69.9 cm³/mol. The van der Waals surface area contributed by atoms with Gasteiger partial charge in [-0.15, -0.1) is 0 Å². The minimum atomic E-state index is -4.50. The number of rotatable bonds is 5. The fourth-order valence-electron chi connectivity index (χ4n) is 1.70. The first-order valence-electron chi connectivity index (χ1n) is 6.30. The fraction of sp³-hybridized carbons (Fsp3) is 0.286. The Balaban J connectivity index is 1.86. The standard InChI is InChI=1S/C14H12F3N3O2/c15-14(16,17)13-5-6-20(19-13)8-11(21)9-22-12-3-1-10(7-18)2-4-12/h1-6,11,21H,8-9H2. The van der Waals surface area contributed by atoms with Crippen molar-refractivity contribution in [3.05, 3.63) is 47.8 Å². The van der Waals surface area contributed by atoms with Gasteiger partial charge in [0.15, 0.2) is 5.69 Å². The minimum Gasteiger partial charge on any atom is -0.491 e. The normalized spacial score (nSPS) is 12.7. The molecule has 1 N–H and O–H groups in total. The maximum absolute atomic E-state index is 12.4. The van der Waals surface area contributed by atoms with Gasteiger partial charge in [-0.25, -0.2) is 0 Å². The zero-order valence-electron chi connectivity index (χ0n) is 11.3. The highest BCUT2D eigenvalue weighted by Crippen LogP contribution is 2.27. The van der Waals surface area contributed by atoms with Gasteiger partial charge in [-0.1, -0.05) is 0 Å². The van der Waals surface area contributed by atoms with Crippen molar-refractivity contribution in [3.8, 4) is 11.8 Å². The molecule has 0 saturated carbocycles. The van der Waals surface area contributed by atoms with E-state index in [1.165, 1.54) is 0 Å². The quantitative estimate of drug-likeness (QED) is 0.919. The van der Waals surface area contributed by atoms with Crippen LogP contribution in [0.5, 0.6) is 5.75 Å². The van der Waals surface area contributed by atoms with Crippen LogP contribution in [0.1, 0.15) is 11.3 Å². The third-order valence-corrected chi connectivity index (χ3v) is 2.75. The largest absolute Gasteiger partial charge is 0.491 e. The van der Waals surface area contributed by atoms with Crippen LogP contribution < -0.4 is 4.74 Å². The summed E-state index contributed by atoms with van der Waals surface area (Å²) in [5, 5.41) is 21.7. The maximum atomic E-state index is 12.4. The van der Waals surface area contributed by atoms with Gasteiger partial charge in [0.1, 0.15) is 18.5 Å². The number of aromatic nitrogens is 2. The molecule has 1 aromatic heterocycles. The lowest BCUT2D eigenvalue weighted by atomic mass is 10.2. The van der Waals surface area contributed by atoms with Crippen LogP contribution in [0, 0.1) is 11.3 Å². The molecule has 0 amide bonds. The van der Waals surface area contributed by atoms with Gasteiger partial charge in [0.05, 0.1) is 18.2 Å². The molecule has 22 heavy (non-hydrogen) atoms. The third-order valence-electron chi connectivity index (χ3n) is 2.75. The van der Waals surface area contributed by atoms with Crippen LogP contribution in [0.25, 0.3) is 0 Å². The Hall–Kier alpha value is -2.53. The van der Waals surface area contributed by atoms with Crippen molar-refractivity contribution in [1.29, 1.82) is 5.26 Å². The van der Waals surface area contributed by atoms with Crippen LogP contribution in [-0.2, 0) is 12.7 Å². The molecule has 0 radical (unpaired) electrons. The molecular formula is C14H12F3N3O2. The van der Waals surface area contributed by atoms with Crippen molar-refractivity contribution in [2.75, 3.05) is 6.61 Å². The summed E-state index contributed by atoms with van der Waals surface area (Å²) in [6, 6.07) is 9.06. The average Bonchev–Trinajstić information content (AvgIpc) is 2.94. The van der Waals surface area contributed by atoms with Gasteiger partial charge in [-0.05, 0) is 30.3 Å². The van der Waals surface area contributed by atoms with Crippen LogP contribution in [0.4, 0.5) is 13.2 Å². The van der Waals surface area contributed by atoms with E-state index in [-0.39, 0.29) is 13.2 Å². The summed E-state index contributed by atoms with van der Waals surface area (Å²) >= 11 is 0. The van der Waals surface area contributed by atoms with E-state index in [0.717, 1.165) is 16.9 Å². The van der Waals surface area contributed by atoms with E-state index < -0.39 is 18.0 Å². The molecule has 1 unspecified atom stereocenters. The van der Waals surface area contributed by atoms with Crippen LogP contribution in [0.15, 0.2) is 36.5 Å². The minimum absolute atomic E-state index is 0.104. The molecule has 0 aliphatic carbocycles. The fourth-order valence-corrected chi connectivity index (χ4v) is 1.70. The summed E-state index contributed by atoms with van der Waals surface area (Å²) < 4.78 is 43.5. The molecule has 1 atom stereocenters. The molecule has 0 saturated heterocycles. The molecule has 0 spiro atoms. The second-order valence-corrected chi connectivity index (χ2v) is 4.52. The number of aliphatic hydroxyl groups is 1. The van der Waals surface area contributed by atoms with E-state index in [9.17, 15) is 18.3 Å². The number of ether oxygens (including phenoxy) is 1. The Kier molecular flexibility index (Phi) is 4.68. The Morgan fingerprint density at radius 3 is 2.50 bits per heavy atom. The number of hydrogen-bond acceptors (Lipinski definition) is 4. The number of hydrogen-bond donors (Lipinski definition) is 1. The van der Waals surface area contributed by atoms with Gasteiger partial charge < -0.3 is 9.84 Å². The van der Waals surface area contributed by atoms with Crippen molar-refractivity contribution in [3.63, 3.8) is 0 Å². The highest BCUT2D eigenvalue weighted by Gasteiger charge is 2.33. The zero-order chi connectivity index (χ0) is 16.2. The second kappa shape index (κ2) is 6.49. The smallest absolute Gasteiger partial charge is 0.435 e. The third kappa shape index (κ3) is 4.23. The summed E-state index contributed by atoms with van der Waals surface area (Å²) in [5.74, 6) is 0.453. The summed E-state index contributed by atoms with van der Waals surface area (Å²) in [5.41, 5.74) is -0.531. The number of nitriles is 1. The van der Waals surface area contributed by atoms with Crippen LogP contribution in [0.3, 0.4) is 0 Å². The molecule has 0 aliphatic heterocycles. The summed E-state index contributed by atoms with van der Waals surface area (Å²) in [6.45, 7) is -0.223. The lowest BCUT2D eigenvalue weighted by Crippen LogP contribution is -2.24. The van der Waals surface area contributed by atoms with E-state index >= 15 is 0 Å². The van der Waals surface area contributed by atoms with Crippen molar-refractivity contribution in [2.45, 2.75) is 18.8 Å². The SMILES string of the molecule is N#Cc1ccc(OCC(O)Cn2ccc(C(F)(F)F)n2)cc1. The van der Waals surface area contributed by atoms with Gasteiger partial charge in [0.25, 0.3) is 0 Å². The summed E-state index contributed by atoms with van der Waals surface area (Å²) in [6.07, 6.45) is -4.38. The average molecular weight is 311 g/mol. The topological polar surface area (TPSA) is 71.1 Å². The molecule has 5 nitrogen and oxygen atoms in total. The molecule has 1 heterocycles. The first kappa shape index (κ1) is 15.9. The van der Waals surface area contributed by atoms with Gasteiger partial charge in [0, 0.05) is 6.20 Å². The lowest BCUT2D eigenvalue weighted by Gasteiger charge is -2.12. The molecule has 1 aromatic carbocycles. The number of nitrogens with zero attached hydrogens (tertiary/aromatic N) is 3. The second-order valence-electron chi connectivity index (χ2n) is 4.52. The highest BCUT2D eigenvalue weighted by atomic mass is 19.4. The molecule has 8 heteroatoms. The zero-order valence-corrected chi connectivity index (χ0v) is 11.3. The Morgan fingerprint density at radius 1 is 1.27 bits per heavy atom. The first-order chi connectivity index (χ1) is 10.4. The number of aliphatic hydroxyl groups excluding tert-OH is 1. The van der Waals surface area contributed by atoms with Gasteiger partial charge in [0.2, 0.25) is 0 Å². The Morgan fingerprint density at radius 2 is 1.95 bits per heavy atom. The lowest BCUT2D eigenvalue weighted by molar-refractivity contribution is -0.141. The number of halogens is 3. The van der Waals surface area contributed by atoms with Crippen LogP contribution in [-0.4, -0.2) is 27.6 Å². The highest BCUT2D eigenvalue weighted by molar-refractivity contribution is 5.34. The van der Waals surface area contributed by atoms with Crippen molar-refractivity contribution in [1.82, 2.24) is 9.78 Å². The molecule has 0 aliphatic rings. The molecular weight excluding hydrogens is 299 g/mol. The molecule has 0 fully saturated rings. The summed E-state index contributed by atoms with van der Waals surface area (Å²) in [7, 11) is 0. The van der Waals surface area contributed by atoms with E-state index in [1.54, 1.807) is 24.3 Å². The van der Waals surface area contributed by atoms with E-state index in [1.807, 2.05) is 6.07 Å². The van der Waals surface area contributed by atoms with Gasteiger partial charge in [-0.2, -0.15) is 23.5 Å². The molecule has 0 bridgehead atoms. The Labute approximate surface area is 124 Å². The number of alkyl halides is 3. The van der Waals surface area contributed by atoms with Crippen molar-refractivity contribution in [2.24, 2.45) is 0 Å². The van der Waals surface area contributed by atoms with Gasteiger partial charge >= 0.3 is 6.18 Å². The maximum Gasteiger partial charge on any atom is 0.435 e. The number of benzene rings is 1. The van der Waals surface area contributed by atoms with Gasteiger partial charge in [-0.3, -0.25) is 4.68 Å². The Bertz CT molecular complexity index is 659. The van der Waals surface area contributed by atoms with Crippen LogP contribution in [0.2, 0.25) is 0 Å². The molecule has 116 valence electrons. The van der Waals surface area contributed by atoms with E-state index in [4.69, 9.17) is 10.00 Å². The first-order valence-corrected chi connectivity index (χ1v) is 6.30.